The number of carbonyl (C=O) groups excluding carboxylic acids is 1. The quantitative estimate of drug-likeness (QED) is 0.210. The van der Waals surface area contributed by atoms with E-state index in [1.165, 1.54) is 25.7 Å². The van der Waals surface area contributed by atoms with E-state index in [4.69, 9.17) is 9.47 Å². The summed E-state index contributed by atoms with van der Waals surface area (Å²) >= 11 is 0. The van der Waals surface area contributed by atoms with E-state index in [1.807, 2.05) is 39.8 Å². The van der Waals surface area contributed by atoms with Gasteiger partial charge in [-0.2, -0.15) is 0 Å². The highest BCUT2D eigenvalue weighted by Crippen LogP contribution is 2.26. The number of carbonyl (C=O) groups is 1. The van der Waals surface area contributed by atoms with Crippen molar-refractivity contribution < 1.29 is 14.3 Å². The summed E-state index contributed by atoms with van der Waals surface area (Å²) in [5, 5.41) is 0. The Labute approximate surface area is 188 Å². The van der Waals surface area contributed by atoms with Crippen LogP contribution in [0.15, 0.2) is 54.6 Å². The van der Waals surface area contributed by atoms with Gasteiger partial charge in [-0.1, -0.05) is 75.9 Å². The predicted molar refractivity (Wildman–Crippen MR) is 130 cm³/mol. The zero-order chi connectivity index (χ0) is 22.7. The SMILES string of the molecule is CCCCCCCOc1ccc(-c2ccc(C(=CC(=O)OC(C)(C)C)CC)cc2)cc1. The number of esters is 1. The highest BCUT2D eigenvalue weighted by molar-refractivity contribution is 5.91. The molecule has 0 saturated heterocycles. The molecule has 3 heteroatoms. The summed E-state index contributed by atoms with van der Waals surface area (Å²) in [6.45, 7) is 10.7. The normalized spacial score (nSPS) is 12.0. The smallest absolute Gasteiger partial charge is 0.331 e. The maximum absolute atomic E-state index is 12.2. The molecule has 0 atom stereocenters. The van der Waals surface area contributed by atoms with Crippen LogP contribution in [-0.2, 0) is 9.53 Å². The Morgan fingerprint density at radius 1 is 0.839 bits per heavy atom. The maximum Gasteiger partial charge on any atom is 0.331 e. The van der Waals surface area contributed by atoms with Crippen molar-refractivity contribution in [3.63, 3.8) is 0 Å². The Morgan fingerprint density at radius 3 is 1.97 bits per heavy atom. The van der Waals surface area contributed by atoms with Crippen molar-refractivity contribution in [2.24, 2.45) is 0 Å². The fourth-order valence-corrected chi connectivity index (χ4v) is 3.38. The standard InChI is InChI=1S/C28H38O3/c1-6-8-9-10-11-20-30-26-18-16-25(17-19-26)24-14-12-23(13-15-24)22(7-2)21-27(29)31-28(3,4)5/h12-19,21H,6-11,20H2,1-5H3. The average Bonchev–Trinajstić information content (AvgIpc) is 2.74. The van der Waals surface area contributed by atoms with Gasteiger partial charge in [0.15, 0.2) is 0 Å². The summed E-state index contributed by atoms with van der Waals surface area (Å²) in [4.78, 5) is 12.2. The molecule has 0 aliphatic heterocycles. The first-order valence-corrected chi connectivity index (χ1v) is 11.6. The minimum absolute atomic E-state index is 0.297. The van der Waals surface area contributed by atoms with Crippen LogP contribution in [-0.4, -0.2) is 18.2 Å². The number of hydrogen-bond donors (Lipinski definition) is 0. The second-order valence-electron chi connectivity index (χ2n) is 8.92. The third-order valence-electron chi connectivity index (χ3n) is 5.04. The highest BCUT2D eigenvalue weighted by atomic mass is 16.6. The molecular formula is C28H38O3. The molecule has 2 rings (SSSR count). The first-order chi connectivity index (χ1) is 14.8. The molecular weight excluding hydrogens is 384 g/mol. The minimum Gasteiger partial charge on any atom is -0.494 e. The highest BCUT2D eigenvalue weighted by Gasteiger charge is 2.15. The van der Waals surface area contributed by atoms with Gasteiger partial charge in [-0.05, 0) is 68.0 Å². The third kappa shape index (κ3) is 9.00. The Balaban J connectivity index is 1.97. The van der Waals surface area contributed by atoms with Crippen molar-refractivity contribution in [3.05, 3.63) is 60.2 Å². The van der Waals surface area contributed by atoms with E-state index in [1.54, 1.807) is 6.08 Å². The summed E-state index contributed by atoms with van der Waals surface area (Å²) in [7, 11) is 0. The van der Waals surface area contributed by atoms with Gasteiger partial charge in [0.25, 0.3) is 0 Å². The van der Waals surface area contributed by atoms with Crippen molar-refractivity contribution in [3.8, 4) is 16.9 Å². The average molecular weight is 423 g/mol. The van der Waals surface area contributed by atoms with Crippen LogP contribution in [0, 0.1) is 0 Å². The molecule has 0 fully saturated rings. The number of unbranched alkanes of at least 4 members (excludes halogenated alkanes) is 4. The monoisotopic (exact) mass is 422 g/mol. The van der Waals surface area contributed by atoms with Crippen molar-refractivity contribution in [1.29, 1.82) is 0 Å². The zero-order valence-corrected chi connectivity index (χ0v) is 19.9. The van der Waals surface area contributed by atoms with Gasteiger partial charge in [-0.3, -0.25) is 0 Å². The van der Waals surface area contributed by atoms with Crippen LogP contribution in [0.3, 0.4) is 0 Å². The molecule has 31 heavy (non-hydrogen) atoms. The van der Waals surface area contributed by atoms with E-state index in [0.29, 0.717) is 0 Å². The van der Waals surface area contributed by atoms with Crippen molar-refractivity contribution in [2.75, 3.05) is 6.61 Å². The molecule has 2 aromatic carbocycles. The maximum atomic E-state index is 12.2. The van der Waals surface area contributed by atoms with E-state index in [-0.39, 0.29) is 5.97 Å². The summed E-state index contributed by atoms with van der Waals surface area (Å²) in [5.41, 5.74) is 3.82. The van der Waals surface area contributed by atoms with Crippen LogP contribution in [0.1, 0.15) is 78.7 Å². The molecule has 0 aliphatic rings. The van der Waals surface area contributed by atoms with Gasteiger partial charge in [-0.25, -0.2) is 4.79 Å². The number of benzene rings is 2. The molecule has 2 aromatic rings. The summed E-state index contributed by atoms with van der Waals surface area (Å²) in [5.74, 6) is 0.624. The summed E-state index contributed by atoms with van der Waals surface area (Å²) in [6.07, 6.45) is 8.59. The molecule has 3 nitrogen and oxygen atoms in total. The van der Waals surface area contributed by atoms with Gasteiger partial charge in [0.05, 0.1) is 6.61 Å². The lowest BCUT2D eigenvalue weighted by Crippen LogP contribution is -2.22. The van der Waals surface area contributed by atoms with E-state index in [0.717, 1.165) is 47.5 Å². The van der Waals surface area contributed by atoms with Crippen LogP contribution in [0.25, 0.3) is 16.7 Å². The van der Waals surface area contributed by atoms with Gasteiger partial charge in [0, 0.05) is 6.08 Å². The van der Waals surface area contributed by atoms with Gasteiger partial charge < -0.3 is 9.47 Å². The molecule has 0 N–H and O–H groups in total. The molecule has 0 aromatic heterocycles. The lowest BCUT2D eigenvalue weighted by atomic mass is 9.99. The van der Waals surface area contributed by atoms with Gasteiger partial charge in [0.2, 0.25) is 0 Å². The molecule has 0 unspecified atom stereocenters. The van der Waals surface area contributed by atoms with Crippen LogP contribution >= 0.6 is 0 Å². The number of allylic oxidation sites excluding steroid dienone is 1. The van der Waals surface area contributed by atoms with Crippen LogP contribution in [0.2, 0.25) is 0 Å². The molecule has 0 aliphatic carbocycles. The van der Waals surface area contributed by atoms with E-state index >= 15 is 0 Å². The fourth-order valence-electron chi connectivity index (χ4n) is 3.38. The van der Waals surface area contributed by atoms with E-state index in [9.17, 15) is 4.79 Å². The molecule has 0 radical (unpaired) electrons. The first kappa shape index (κ1) is 24.7. The molecule has 0 spiro atoms. The number of hydrogen-bond acceptors (Lipinski definition) is 3. The van der Waals surface area contributed by atoms with Gasteiger partial charge >= 0.3 is 5.97 Å². The van der Waals surface area contributed by atoms with Crippen molar-refractivity contribution in [1.82, 2.24) is 0 Å². The lowest BCUT2D eigenvalue weighted by molar-refractivity contribution is -0.148. The molecule has 0 amide bonds. The first-order valence-electron chi connectivity index (χ1n) is 11.6. The van der Waals surface area contributed by atoms with Crippen molar-refractivity contribution in [2.45, 2.75) is 78.7 Å². The second kappa shape index (κ2) is 12.3. The topological polar surface area (TPSA) is 35.5 Å². The Morgan fingerprint density at radius 2 is 1.42 bits per heavy atom. The molecule has 168 valence electrons. The lowest BCUT2D eigenvalue weighted by Gasteiger charge is -2.18. The summed E-state index contributed by atoms with van der Waals surface area (Å²) in [6, 6.07) is 16.6. The fraction of sp³-hybridized carbons (Fsp3) is 0.464. The largest absolute Gasteiger partial charge is 0.494 e. The molecule has 0 saturated carbocycles. The molecule has 0 bridgehead atoms. The van der Waals surface area contributed by atoms with Gasteiger partial charge in [0.1, 0.15) is 11.4 Å². The van der Waals surface area contributed by atoms with Crippen LogP contribution in [0.4, 0.5) is 0 Å². The Bertz CT molecular complexity index is 824. The van der Waals surface area contributed by atoms with Crippen LogP contribution in [0.5, 0.6) is 5.75 Å². The Kier molecular flexibility index (Phi) is 9.84. The van der Waals surface area contributed by atoms with Crippen molar-refractivity contribution >= 4 is 11.5 Å². The van der Waals surface area contributed by atoms with Crippen LogP contribution < -0.4 is 4.74 Å². The van der Waals surface area contributed by atoms with Gasteiger partial charge in [-0.15, -0.1) is 0 Å². The number of ether oxygens (including phenoxy) is 2. The second-order valence-corrected chi connectivity index (χ2v) is 8.92. The third-order valence-corrected chi connectivity index (χ3v) is 5.04. The number of rotatable bonds is 11. The zero-order valence-electron chi connectivity index (χ0n) is 19.9. The molecule has 0 heterocycles. The van der Waals surface area contributed by atoms with E-state index in [2.05, 4.69) is 43.3 Å². The predicted octanol–water partition coefficient (Wildman–Crippen LogP) is 7.84. The van der Waals surface area contributed by atoms with E-state index < -0.39 is 5.60 Å². The minimum atomic E-state index is -0.485. The summed E-state index contributed by atoms with van der Waals surface area (Å²) < 4.78 is 11.3. The Hall–Kier alpha value is -2.55.